The second kappa shape index (κ2) is 3.74. The number of hydrogen-bond donors (Lipinski definition) is 2. The summed E-state index contributed by atoms with van der Waals surface area (Å²) in [5.41, 5.74) is 6.44. The number of rotatable bonds is 3. The first-order valence-electron chi connectivity index (χ1n) is 4.90. The van der Waals surface area contributed by atoms with E-state index in [2.05, 4.69) is 0 Å². The monoisotopic (exact) mass is 229 g/mol. The molecule has 1 saturated carbocycles. The minimum atomic E-state index is -0.422. The Labute approximate surface area is 92.9 Å². The molecule has 1 aromatic rings. The Bertz CT molecular complexity index is 385. The molecule has 1 aromatic carbocycles. The SMILES string of the molecule is NC[C@]1(c2ccc(F)c(Cl)c2)C[C@@H]1CO. The van der Waals surface area contributed by atoms with E-state index in [-0.39, 0.29) is 23.0 Å². The standard InChI is InChI=1S/C11H13ClFNO/c12-9-3-7(1-2-10(9)13)11(6-14)4-8(11)5-15/h1-3,8,15H,4-6,14H2/t8-,11+/m1/s1. The minimum Gasteiger partial charge on any atom is -0.396 e. The topological polar surface area (TPSA) is 46.2 Å². The minimum absolute atomic E-state index is 0.115. The molecule has 15 heavy (non-hydrogen) atoms. The van der Waals surface area contributed by atoms with Crippen LogP contribution in [0.2, 0.25) is 5.02 Å². The Morgan fingerprint density at radius 3 is 2.80 bits per heavy atom. The van der Waals surface area contributed by atoms with Crippen LogP contribution < -0.4 is 5.73 Å². The fraction of sp³-hybridized carbons (Fsp3) is 0.455. The van der Waals surface area contributed by atoms with Crippen molar-refractivity contribution in [2.45, 2.75) is 11.8 Å². The summed E-state index contributed by atoms with van der Waals surface area (Å²) in [5, 5.41) is 9.21. The van der Waals surface area contributed by atoms with Gasteiger partial charge >= 0.3 is 0 Å². The molecule has 0 heterocycles. The zero-order chi connectivity index (χ0) is 11.1. The fourth-order valence-corrected chi connectivity index (χ4v) is 2.33. The molecule has 0 saturated heterocycles. The van der Waals surface area contributed by atoms with Gasteiger partial charge in [0.25, 0.3) is 0 Å². The van der Waals surface area contributed by atoms with Crippen LogP contribution in [0.3, 0.4) is 0 Å². The zero-order valence-corrected chi connectivity index (χ0v) is 8.97. The van der Waals surface area contributed by atoms with E-state index in [0.717, 1.165) is 12.0 Å². The Balaban J connectivity index is 2.33. The average Bonchev–Trinajstić information content (AvgIpc) is 2.97. The van der Waals surface area contributed by atoms with Crippen molar-refractivity contribution >= 4 is 11.6 Å². The third kappa shape index (κ3) is 1.65. The molecule has 0 aliphatic heterocycles. The van der Waals surface area contributed by atoms with Gasteiger partial charge in [-0.25, -0.2) is 4.39 Å². The molecule has 0 aromatic heterocycles. The second-order valence-electron chi connectivity index (χ2n) is 4.07. The Morgan fingerprint density at radius 1 is 1.60 bits per heavy atom. The number of hydrogen-bond acceptors (Lipinski definition) is 2. The van der Waals surface area contributed by atoms with Crippen LogP contribution >= 0.6 is 11.6 Å². The third-order valence-electron chi connectivity index (χ3n) is 3.31. The van der Waals surface area contributed by atoms with Gasteiger partial charge in [0.05, 0.1) is 5.02 Å². The van der Waals surface area contributed by atoms with Gasteiger partial charge in [-0.05, 0) is 30.0 Å². The van der Waals surface area contributed by atoms with Gasteiger partial charge in [-0.2, -0.15) is 0 Å². The smallest absolute Gasteiger partial charge is 0.141 e. The van der Waals surface area contributed by atoms with Gasteiger partial charge in [0.2, 0.25) is 0 Å². The van der Waals surface area contributed by atoms with Crippen molar-refractivity contribution in [3.05, 3.63) is 34.6 Å². The number of aliphatic hydroxyl groups is 1. The summed E-state index contributed by atoms with van der Waals surface area (Å²) in [4.78, 5) is 0. The van der Waals surface area contributed by atoms with Gasteiger partial charge in [0, 0.05) is 18.6 Å². The molecule has 0 radical (unpaired) electrons. The molecule has 1 fully saturated rings. The van der Waals surface area contributed by atoms with Crippen molar-refractivity contribution in [2.24, 2.45) is 11.7 Å². The van der Waals surface area contributed by atoms with Crippen molar-refractivity contribution in [3.8, 4) is 0 Å². The van der Waals surface area contributed by atoms with Gasteiger partial charge in [-0.15, -0.1) is 0 Å². The van der Waals surface area contributed by atoms with Gasteiger partial charge < -0.3 is 10.8 Å². The number of aliphatic hydroxyl groups excluding tert-OH is 1. The molecule has 0 amide bonds. The molecular formula is C11H13ClFNO. The summed E-state index contributed by atoms with van der Waals surface area (Å²) in [6, 6.07) is 4.66. The summed E-state index contributed by atoms with van der Waals surface area (Å²) in [5.74, 6) is -0.238. The quantitative estimate of drug-likeness (QED) is 0.829. The molecule has 0 bridgehead atoms. The van der Waals surface area contributed by atoms with Crippen molar-refractivity contribution in [1.82, 2.24) is 0 Å². The highest BCUT2D eigenvalue weighted by molar-refractivity contribution is 6.30. The molecule has 82 valence electrons. The third-order valence-corrected chi connectivity index (χ3v) is 3.60. The first-order valence-corrected chi connectivity index (χ1v) is 5.28. The normalized spacial score (nSPS) is 29.2. The summed E-state index contributed by atoms with van der Waals surface area (Å²) >= 11 is 5.72. The summed E-state index contributed by atoms with van der Waals surface area (Å²) < 4.78 is 13.0. The highest BCUT2D eigenvalue weighted by Crippen LogP contribution is 2.53. The van der Waals surface area contributed by atoms with Crippen LogP contribution in [0.25, 0.3) is 0 Å². The maximum Gasteiger partial charge on any atom is 0.141 e. The molecule has 1 aliphatic carbocycles. The van der Waals surface area contributed by atoms with Gasteiger partial charge in [-0.1, -0.05) is 17.7 Å². The van der Waals surface area contributed by atoms with Crippen LogP contribution in [0.1, 0.15) is 12.0 Å². The summed E-state index contributed by atoms with van der Waals surface area (Å²) in [6.07, 6.45) is 0.849. The maximum absolute atomic E-state index is 13.0. The zero-order valence-electron chi connectivity index (χ0n) is 8.21. The lowest BCUT2D eigenvalue weighted by molar-refractivity contribution is 0.264. The Morgan fingerprint density at radius 2 is 2.33 bits per heavy atom. The van der Waals surface area contributed by atoms with Crippen LogP contribution in [0.15, 0.2) is 18.2 Å². The van der Waals surface area contributed by atoms with Crippen LogP contribution in [0, 0.1) is 11.7 Å². The van der Waals surface area contributed by atoms with Crippen molar-refractivity contribution < 1.29 is 9.50 Å². The van der Waals surface area contributed by atoms with Crippen LogP contribution in [0.4, 0.5) is 4.39 Å². The summed E-state index contributed by atoms with van der Waals surface area (Å²) in [7, 11) is 0. The number of nitrogens with two attached hydrogens (primary N) is 1. The highest BCUT2D eigenvalue weighted by Gasteiger charge is 2.53. The van der Waals surface area contributed by atoms with E-state index in [1.165, 1.54) is 6.07 Å². The molecule has 2 nitrogen and oxygen atoms in total. The molecule has 2 atom stereocenters. The first-order chi connectivity index (χ1) is 7.14. The average molecular weight is 230 g/mol. The molecule has 0 spiro atoms. The van der Waals surface area contributed by atoms with E-state index in [1.54, 1.807) is 12.1 Å². The second-order valence-corrected chi connectivity index (χ2v) is 4.48. The van der Waals surface area contributed by atoms with E-state index >= 15 is 0 Å². The van der Waals surface area contributed by atoms with Gasteiger partial charge in [-0.3, -0.25) is 0 Å². The van der Waals surface area contributed by atoms with Crippen LogP contribution in [-0.2, 0) is 5.41 Å². The Hall–Kier alpha value is -0.640. The number of benzene rings is 1. The van der Waals surface area contributed by atoms with Crippen molar-refractivity contribution in [3.63, 3.8) is 0 Å². The maximum atomic E-state index is 13.0. The molecular weight excluding hydrogens is 217 g/mol. The number of halogens is 2. The summed E-state index contributed by atoms with van der Waals surface area (Å²) in [6.45, 7) is 0.576. The van der Waals surface area contributed by atoms with Crippen LogP contribution in [-0.4, -0.2) is 18.3 Å². The first kappa shape index (κ1) is 10.9. The highest BCUT2D eigenvalue weighted by atomic mass is 35.5. The predicted molar refractivity (Wildman–Crippen MR) is 57.3 cm³/mol. The lowest BCUT2D eigenvalue weighted by atomic mass is 9.93. The Kier molecular flexibility index (Phi) is 2.71. The van der Waals surface area contributed by atoms with E-state index in [4.69, 9.17) is 22.4 Å². The van der Waals surface area contributed by atoms with Gasteiger partial charge in [0.1, 0.15) is 5.82 Å². The van der Waals surface area contributed by atoms with E-state index in [1.807, 2.05) is 0 Å². The fourth-order valence-electron chi connectivity index (χ4n) is 2.15. The largest absolute Gasteiger partial charge is 0.396 e. The predicted octanol–water partition coefficient (Wildman–Crippen LogP) is 1.69. The van der Waals surface area contributed by atoms with Crippen molar-refractivity contribution in [1.29, 1.82) is 0 Å². The lowest BCUT2D eigenvalue weighted by Crippen LogP contribution is -2.23. The molecule has 0 unspecified atom stereocenters. The van der Waals surface area contributed by atoms with E-state index in [0.29, 0.717) is 6.54 Å². The van der Waals surface area contributed by atoms with Crippen LogP contribution in [0.5, 0.6) is 0 Å². The molecule has 1 aliphatic rings. The van der Waals surface area contributed by atoms with Gasteiger partial charge in [0.15, 0.2) is 0 Å². The van der Waals surface area contributed by atoms with E-state index < -0.39 is 5.82 Å². The lowest BCUT2D eigenvalue weighted by Gasteiger charge is -2.15. The molecule has 4 heteroatoms. The molecule has 3 N–H and O–H groups in total. The van der Waals surface area contributed by atoms with Crippen molar-refractivity contribution in [2.75, 3.05) is 13.2 Å². The van der Waals surface area contributed by atoms with E-state index in [9.17, 15) is 4.39 Å². The molecule has 2 rings (SSSR count).